The molecule has 0 fully saturated rings. The summed E-state index contributed by atoms with van der Waals surface area (Å²) in [6, 6.07) is 8.97. The van der Waals surface area contributed by atoms with Crippen molar-refractivity contribution in [1.29, 1.82) is 5.26 Å². The zero-order valence-electron chi connectivity index (χ0n) is 8.35. The first-order valence-electron chi connectivity index (χ1n) is 4.68. The zero-order chi connectivity index (χ0) is 10.9. The first-order chi connectivity index (χ1) is 7.36. The van der Waals surface area contributed by atoms with Crippen molar-refractivity contribution in [2.75, 3.05) is 26.4 Å². The van der Waals surface area contributed by atoms with Crippen LogP contribution in [0.5, 0.6) is 5.75 Å². The Morgan fingerprint density at radius 1 is 1.27 bits per heavy atom. The van der Waals surface area contributed by atoms with E-state index >= 15 is 0 Å². The highest BCUT2D eigenvalue weighted by molar-refractivity contribution is 5.36. The summed E-state index contributed by atoms with van der Waals surface area (Å²) >= 11 is 0. The largest absolute Gasteiger partial charge is 0.491 e. The molecule has 80 valence electrons. The van der Waals surface area contributed by atoms with E-state index in [2.05, 4.69) is 0 Å². The van der Waals surface area contributed by atoms with Gasteiger partial charge in [-0.1, -0.05) is 6.07 Å². The van der Waals surface area contributed by atoms with Crippen molar-refractivity contribution >= 4 is 0 Å². The van der Waals surface area contributed by atoms with Crippen molar-refractivity contribution in [1.82, 2.24) is 0 Å². The van der Waals surface area contributed by atoms with Gasteiger partial charge >= 0.3 is 0 Å². The summed E-state index contributed by atoms with van der Waals surface area (Å²) in [5.74, 6) is 0.654. The van der Waals surface area contributed by atoms with E-state index in [1.807, 2.05) is 6.07 Å². The lowest BCUT2D eigenvalue weighted by molar-refractivity contribution is 0.0705. The Kier molecular flexibility index (Phi) is 5.23. The van der Waals surface area contributed by atoms with Gasteiger partial charge in [-0.3, -0.25) is 0 Å². The second-order valence-electron chi connectivity index (χ2n) is 2.82. The van der Waals surface area contributed by atoms with Gasteiger partial charge in [-0.15, -0.1) is 0 Å². The summed E-state index contributed by atoms with van der Waals surface area (Å²) in [7, 11) is 0. The highest BCUT2D eigenvalue weighted by atomic mass is 16.5. The molecule has 15 heavy (non-hydrogen) atoms. The van der Waals surface area contributed by atoms with E-state index in [1.54, 1.807) is 24.3 Å². The molecule has 0 saturated carbocycles. The van der Waals surface area contributed by atoms with Gasteiger partial charge in [0, 0.05) is 0 Å². The maximum atomic E-state index is 8.65. The fourth-order valence-corrected chi connectivity index (χ4v) is 1.04. The molecule has 4 heteroatoms. The van der Waals surface area contributed by atoms with Crippen molar-refractivity contribution < 1.29 is 14.6 Å². The van der Waals surface area contributed by atoms with Crippen LogP contribution >= 0.6 is 0 Å². The molecule has 0 heterocycles. The van der Waals surface area contributed by atoms with Crippen molar-refractivity contribution in [3.63, 3.8) is 0 Å². The monoisotopic (exact) mass is 207 g/mol. The SMILES string of the molecule is N#Cc1cccc(OCCOCCO)c1. The van der Waals surface area contributed by atoms with Crippen LogP contribution in [0.3, 0.4) is 0 Å². The van der Waals surface area contributed by atoms with Crippen LogP contribution in [-0.2, 0) is 4.74 Å². The van der Waals surface area contributed by atoms with Crippen LogP contribution in [0.25, 0.3) is 0 Å². The van der Waals surface area contributed by atoms with Crippen LogP contribution in [0.1, 0.15) is 5.56 Å². The lowest BCUT2D eigenvalue weighted by atomic mass is 10.2. The predicted molar refractivity (Wildman–Crippen MR) is 54.6 cm³/mol. The molecule has 0 amide bonds. The second-order valence-corrected chi connectivity index (χ2v) is 2.82. The summed E-state index contributed by atoms with van der Waals surface area (Å²) in [4.78, 5) is 0. The van der Waals surface area contributed by atoms with Crippen LogP contribution in [0.4, 0.5) is 0 Å². The quantitative estimate of drug-likeness (QED) is 0.705. The van der Waals surface area contributed by atoms with Crippen molar-refractivity contribution in [3.05, 3.63) is 29.8 Å². The first-order valence-corrected chi connectivity index (χ1v) is 4.68. The van der Waals surface area contributed by atoms with E-state index in [4.69, 9.17) is 19.8 Å². The first kappa shape index (κ1) is 11.5. The van der Waals surface area contributed by atoms with Crippen LogP contribution < -0.4 is 4.74 Å². The maximum Gasteiger partial charge on any atom is 0.120 e. The molecule has 1 aromatic carbocycles. The Morgan fingerprint density at radius 3 is 2.87 bits per heavy atom. The molecule has 0 atom stereocenters. The normalized spacial score (nSPS) is 9.60. The minimum absolute atomic E-state index is 0.0178. The summed E-state index contributed by atoms with van der Waals surface area (Å²) in [6.07, 6.45) is 0. The number of rotatable bonds is 6. The number of aliphatic hydroxyl groups is 1. The number of aliphatic hydroxyl groups excluding tert-OH is 1. The predicted octanol–water partition coefficient (Wildman–Crippen LogP) is 0.946. The van der Waals surface area contributed by atoms with Gasteiger partial charge in [0.25, 0.3) is 0 Å². The number of hydrogen-bond donors (Lipinski definition) is 1. The number of nitriles is 1. The molecule has 1 aromatic rings. The van der Waals surface area contributed by atoms with E-state index in [0.29, 0.717) is 31.1 Å². The van der Waals surface area contributed by atoms with E-state index in [9.17, 15) is 0 Å². The molecule has 1 N–H and O–H groups in total. The molecule has 0 unspecified atom stereocenters. The Labute approximate surface area is 88.7 Å². The van der Waals surface area contributed by atoms with Gasteiger partial charge in [-0.2, -0.15) is 5.26 Å². The van der Waals surface area contributed by atoms with Crippen molar-refractivity contribution in [2.45, 2.75) is 0 Å². The van der Waals surface area contributed by atoms with Crippen molar-refractivity contribution in [2.24, 2.45) is 0 Å². The summed E-state index contributed by atoms with van der Waals surface area (Å²) in [5.41, 5.74) is 0.573. The van der Waals surface area contributed by atoms with Gasteiger partial charge in [0.15, 0.2) is 0 Å². The standard InChI is InChI=1S/C11H13NO3/c12-9-10-2-1-3-11(8-10)15-7-6-14-5-4-13/h1-3,8,13H,4-7H2. The second kappa shape index (κ2) is 6.82. The molecule has 0 radical (unpaired) electrons. The average molecular weight is 207 g/mol. The number of nitrogens with zero attached hydrogens (tertiary/aromatic N) is 1. The third kappa shape index (κ3) is 4.45. The Morgan fingerprint density at radius 2 is 2.13 bits per heavy atom. The van der Waals surface area contributed by atoms with Crippen LogP contribution in [-0.4, -0.2) is 31.5 Å². The zero-order valence-corrected chi connectivity index (χ0v) is 8.35. The van der Waals surface area contributed by atoms with E-state index in [1.165, 1.54) is 0 Å². The molecule has 0 bridgehead atoms. The number of ether oxygens (including phenoxy) is 2. The smallest absolute Gasteiger partial charge is 0.120 e. The third-order valence-corrected chi connectivity index (χ3v) is 1.70. The minimum Gasteiger partial charge on any atom is -0.491 e. The van der Waals surface area contributed by atoms with E-state index in [0.717, 1.165) is 0 Å². The highest BCUT2D eigenvalue weighted by Crippen LogP contribution is 2.11. The molecule has 1 rings (SSSR count). The Bertz CT molecular complexity index is 333. The topological polar surface area (TPSA) is 62.5 Å². The molecular formula is C11H13NO3. The Hall–Kier alpha value is -1.57. The minimum atomic E-state index is 0.0178. The van der Waals surface area contributed by atoms with Crippen molar-refractivity contribution in [3.8, 4) is 11.8 Å². The number of hydrogen-bond acceptors (Lipinski definition) is 4. The van der Waals surface area contributed by atoms with Gasteiger partial charge in [-0.05, 0) is 18.2 Å². The molecule has 4 nitrogen and oxygen atoms in total. The van der Waals surface area contributed by atoms with Gasteiger partial charge in [0.2, 0.25) is 0 Å². The highest BCUT2D eigenvalue weighted by Gasteiger charge is 1.95. The van der Waals surface area contributed by atoms with Crippen LogP contribution in [0, 0.1) is 11.3 Å². The fraction of sp³-hybridized carbons (Fsp3) is 0.364. The van der Waals surface area contributed by atoms with E-state index in [-0.39, 0.29) is 6.61 Å². The molecule has 0 saturated heterocycles. The molecule has 0 aliphatic rings. The number of benzene rings is 1. The lowest BCUT2D eigenvalue weighted by Gasteiger charge is -2.06. The summed E-state index contributed by atoms with van der Waals surface area (Å²) in [6.45, 7) is 1.18. The van der Waals surface area contributed by atoms with Gasteiger partial charge < -0.3 is 14.6 Å². The average Bonchev–Trinajstić information content (AvgIpc) is 2.29. The molecular weight excluding hydrogens is 194 g/mol. The molecule has 0 aliphatic carbocycles. The van der Waals surface area contributed by atoms with Gasteiger partial charge in [0.05, 0.1) is 31.5 Å². The fourth-order valence-electron chi connectivity index (χ4n) is 1.04. The van der Waals surface area contributed by atoms with Gasteiger partial charge in [0.1, 0.15) is 12.4 Å². The lowest BCUT2D eigenvalue weighted by Crippen LogP contribution is -2.09. The van der Waals surface area contributed by atoms with Crippen LogP contribution in [0.15, 0.2) is 24.3 Å². The van der Waals surface area contributed by atoms with E-state index < -0.39 is 0 Å². The summed E-state index contributed by atoms with van der Waals surface area (Å²) in [5, 5.41) is 17.1. The van der Waals surface area contributed by atoms with Crippen LogP contribution in [0.2, 0.25) is 0 Å². The third-order valence-electron chi connectivity index (χ3n) is 1.70. The molecule has 0 spiro atoms. The maximum absolute atomic E-state index is 8.65. The molecule has 0 aliphatic heterocycles. The summed E-state index contributed by atoms with van der Waals surface area (Å²) < 4.78 is 10.4. The molecule has 0 aromatic heterocycles. The Balaban J connectivity index is 2.28. The van der Waals surface area contributed by atoms with Gasteiger partial charge in [-0.25, -0.2) is 0 Å².